The molecule has 2 amide bonds. The Morgan fingerprint density at radius 2 is 2.29 bits per heavy atom. The molecule has 0 fully saturated rings. The van der Waals surface area contributed by atoms with Crippen molar-refractivity contribution in [2.75, 3.05) is 26.8 Å². The van der Waals surface area contributed by atoms with Gasteiger partial charge in [0.2, 0.25) is 0 Å². The van der Waals surface area contributed by atoms with Crippen molar-refractivity contribution in [1.82, 2.24) is 15.2 Å². The SMILES string of the molecule is CCc1cnc(C(C)NC(=O)N(CCOC)CC(=O)O)s1. The van der Waals surface area contributed by atoms with Gasteiger partial charge in [0.15, 0.2) is 0 Å². The van der Waals surface area contributed by atoms with Crippen molar-refractivity contribution < 1.29 is 19.4 Å². The topological polar surface area (TPSA) is 91.8 Å². The van der Waals surface area contributed by atoms with Gasteiger partial charge in [-0.25, -0.2) is 9.78 Å². The van der Waals surface area contributed by atoms with E-state index in [1.165, 1.54) is 12.0 Å². The van der Waals surface area contributed by atoms with Crippen molar-refractivity contribution in [2.24, 2.45) is 0 Å². The summed E-state index contributed by atoms with van der Waals surface area (Å²) in [5, 5.41) is 12.4. The van der Waals surface area contributed by atoms with E-state index in [1.54, 1.807) is 17.5 Å². The summed E-state index contributed by atoms with van der Waals surface area (Å²) in [5.41, 5.74) is 0. The molecule has 1 aromatic rings. The molecule has 0 spiro atoms. The first-order chi connectivity index (χ1) is 9.97. The average Bonchev–Trinajstić information content (AvgIpc) is 2.91. The lowest BCUT2D eigenvalue weighted by Crippen LogP contribution is -2.45. The number of aliphatic carboxylic acids is 1. The molecule has 0 radical (unpaired) electrons. The number of nitrogens with zero attached hydrogens (tertiary/aromatic N) is 2. The minimum atomic E-state index is -1.06. The molecule has 21 heavy (non-hydrogen) atoms. The second-order valence-electron chi connectivity index (χ2n) is 4.50. The molecular weight excluding hydrogens is 294 g/mol. The van der Waals surface area contributed by atoms with Crippen LogP contribution in [-0.4, -0.2) is 53.8 Å². The summed E-state index contributed by atoms with van der Waals surface area (Å²) in [7, 11) is 1.50. The number of aromatic nitrogens is 1. The zero-order valence-electron chi connectivity index (χ0n) is 12.5. The molecule has 1 heterocycles. The number of hydrogen-bond acceptors (Lipinski definition) is 5. The van der Waals surface area contributed by atoms with Gasteiger partial charge < -0.3 is 20.1 Å². The van der Waals surface area contributed by atoms with Crippen LogP contribution in [0, 0.1) is 0 Å². The maximum atomic E-state index is 12.1. The first-order valence-corrected chi connectivity index (χ1v) is 7.50. The Balaban J connectivity index is 2.63. The Morgan fingerprint density at radius 1 is 1.57 bits per heavy atom. The molecule has 0 aliphatic heterocycles. The Bertz CT molecular complexity index is 478. The summed E-state index contributed by atoms with van der Waals surface area (Å²) in [5.74, 6) is -1.06. The first-order valence-electron chi connectivity index (χ1n) is 6.68. The van der Waals surface area contributed by atoms with Crippen LogP contribution in [0.2, 0.25) is 0 Å². The Kier molecular flexibility index (Phi) is 7.10. The fourth-order valence-corrected chi connectivity index (χ4v) is 2.50. The molecule has 1 rings (SSSR count). The fraction of sp³-hybridized carbons (Fsp3) is 0.615. The maximum Gasteiger partial charge on any atom is 0.323 e. The predicted molar refractivity (Wildman–Crippen MR) is 79.5 cm³/mol. The van der Waals surface area contributed by atoms with Crippen LogP contribution in [0.25, 0.3) is 0 Å². The number of amides is 2. The zero-order valence-corrected chi connectivity index (χ0v) is 13.3. The molecule has 1 unspecified atom stereocenters. The Hall–Kier alpha value is -1.67. The van der Waals surface area contributed by atoms with Gasteiger partial charge in [0.1, 0.15) is 11.6 Å². The van der Waals surface area contributed by atoms with Crippen LogP contribution in [0.1, 0.15) is 29.8 Å². The van der Waals surface area contributed by atoms with Gasteiger partial charge in [-0.1, -0.05) is 6.92 Å². The molecule has 1 aromatic heterocycles. The monoisotopic (exact) mass is 315 g/mol. The number of methoxy groups -OCH3 is 1. The van der Waals surface area contributed by atoms with E-state index in [0.29, 0.717) is 0 Å². The highest BCUT2D eigenvalue weighted by Gasteiger charge is 2.20. The van der Waals surface area contributed by atoms with E-state index >= 15 is 0 Å². The minimum Gasteiger partial charge on any atom is -0.480 e. The molecule has 0 bridgehead atoms. The molecule has 0 aromatic carbocycles. The van der Waals surface area contributed by atoms with Gasteiger partial charge in [0, 0.05) is 24.7 Å². The van der Waals surface area contributed by atoms with Crippen LogP contribution < -0.4 is 5.32 Å². The van der Waals surface area contributed by atoms with Crippen molar-refractivity contribution in [3.63, 3.8) is 0 Å². The highest BCUT2D eigenvalue weighted by molar-refractivity contribution is 7.11. The molecule has 8 heteroatoms. The summed E-state index contributed by atoms with van der Waals surface area (Å²) in [6.07, 6.45) is 2.69. The standard InChI is InChI=1S/C13H21N3O4S/c1-4-10-7-14-12(21-10)9(2)15-13(19)16(5-6-20-3)8-11(17)18/h7,9H,4-6,8H2,1-3H3,(H,15,19)(H,17,18). The van der Waals surface area contributed by atoms with E-state index in [1.807, 2.05) is 13.8 Å². The molecular formula is C13H21N3O4S. The molecule has 1 atom stereocenters. The van der Waals surface area contributed by atoms with Crippen LogP contribution in [0.3, 0.4) is 0 Å². The number of carbonyl (C=O) groups excluding carboxylic acids is 1. The van der Waals surface area contributed by atoms with Gasteiger partial charge in [0.25, 0.3) is 0 Å². The van der Waals surface area contributed by atoms with Crippen molar-refractivity contribution >= 4 is 23.3 Å². The normalized spacial score (nSPS) is 12.0. The van der Waals surface area contributed by atoms with Crippen LogP contribution in [0.4, 0.5) is 4.79 Å². The number of aryl methyl sites for hydroxylation is 1. The van der Waals surface area contributed by atoms with Gasteiger partial charge in [-0.15, -0.1) is 11.3 Å². The molecule has 0 aliphatic rings. The third-order valence-electron chi connectivity index (χ3n) is 2.81. The average molecular weight is 315 g/mol. The summed E-state index contributed by atoms with van der Waals surface area (Å²) >= 11 is 1.54. The van der Waals surface area contributed by atoms with E-state index in [0.717, 1.165) is 16.3 Å². The van der Waals surface area contributed by atoms with Crippen LogP contribution in [0.15, 0.2) is 6.20 Å². The summed E-state index contributed by atoms with van der Waals surface area (Å²) in [6.45, 7) is 4.01. The molecule has 7 nitrogen and oxygen atoms in total. The lowest BCUT2D eigenvalue weighted by Gasteiger charge is -2.22. The second kappa shape index (κ2) is 8.58. The van der Waals surface area contributed by atoms with Crippen molar-refractivity contribution in [3.05, 3.63) is 16.1 Å². The highest BCUT2D eigenvalue weighted by Crippen LogP contribution is 2.20. The smallest absolute Gasteiger partial charge is 0.323 e. The number of urea groups is 1. The number of hydrogen-bond donors (Lipinski definition) is 2. The number of ether oxygens (including phenoxy) is 1. The first kappa shape index (κ1) is 17.4. The van der Waals surface area contributed by atoms with E-state index in [4.69, 9.17) is 9.84 Å². The lowest BCUT2D eigenvalue weighted by atomic mass is 10.3. The van der Waals surface area contributed by atoms with E-state index < -0.39 is 12.0 Å². The number of carbonyl (C=O) groups is 2. The maximum absolute atomic E-state index is 12.1. The van der Waals surface area contributed by atoms with E-state index in [-0.39, 0.29) is 25.7 Å². The largest absolute Gasteiger partial charge is 0.480 e. The number of rotatable bonds is 8. The number of thiazole rings is 1. The summed E-state index contributed by atoms with van der Waals surface area (Å²) in [4.78, 5) is 29.5. The van der Waals surface area contributed by atoms with Gasteiger partial charge >= 0.3 is 12.0 Å². The lowest BCUT2D eigenvalue weighted by molar-refractivity contribution is -0.137. The van der Waals surface area contributed by atoms with Crippen molar-refractivity contribution in [2.45, 2.75) is 26.3 Å². The second-order valence-corrected chi connectivity index (χ2v) is 5.64. The zero-order chi connectivity index (χ0) is 15.8. The van der Waals surface area contributed by atoms with Crippen LogP contribution in [0.5, 0.6) is 0 Å². The van der Waals surface area contributed by atoms with Gasteiger partial charge in [0.05, 0.1) is 12.6 Å². The van der Waals surface area contributed by atoms with Gasteiger partial charge in [-0.2, -0.15) is 0 Å². The van der Waals surface area contributed by atoms with Crippen LogP contribution >= 0.6 is 11.3 Å². The number of nitrogens with one attached hydrogen (secondary N) is 1. The third-order valence-corrected chi connectivity index (χ3v) is 4.13. The Morgan fingerprint density at radius 3 is 2.81 bits per heavy atom. The predicted octanol–water partition coefficient (Wildman–Crippen LogP) is 1.51. The summed E-state index contributed by atoms with van der Waals surface area (Å²) < 4.78 is 4.89. The van der Waals surface area contributed by atoms with Crippen LogP contribution in [-0.2, 0) is 16.0 Å². The number of carboxylic acid groups (broad SMARTS) is 1. The minimum absolute atomic E-state index is 0.222. The van der Waals surface area contributed by atoms with E-state index in [2.05, 4.69) is 10.3 Å². The highest BCUT2D eigenvalue weighted by atomic mass is 32.1. The number of carboxylic acids is 1. The van der Waals surface area contributed by atoms with Gasteiger partial charge in [-0.3, -0.25) is 4.79 Å². The van der Waals surface area contributed by atoms with Gasteiger partial charge in [-0.05, 0) is 13.3 Å². The van der Waals surface area contributed by atoms with Crippen molar-refractivity contribution in [3.8, 4) is 0 Å². The van der Waals surface area contributed by atoms with Crippen molar-refractivity contribution in [1.29, 1.82) is 0 Å². The molecule has 0 saturated heterocycles. The Labute approximate surface area is 127 Å². The van der Waals surface area contributed by atoms with E-state index in [9.17, 15) is 9.59 Å². The quantitative estimate of drug-likeness (QED) is 0.758. The molecule has 0 aliphatic carbocycles. The molecule has 2 N–H and O–H groups in total. The molecule has 0 saturated carbocycles. The third kappa shape index (κ3) is 5.68. The summed E-state index contributed by atoms with van der Waals surface area (Å²) in [6, 6.07) is -0.697. The molecule has 118 valence electrons. The fourth-order valence-electron chi connectivity index (χ4n) is 1.64.